The number of carboxylic acids is 1. The molecule has 0 aliphatic carbocycles. The maximum atomic E-state index is 10.8. The zero-order valence-electron chi connectivity index (χ0n) is 9.25. The maximum Gasteiger partial charge on any atom is 0.354 e. The van der Waals surface area contributed by atoms with E-state index < -0.39 is 5.97 Å². The van der Waals surface area contributed by atoms with Gasteiger partial charge in [0.25, 0.3) is 0 Å². The molecule has 17 heavy (non-hydrogen) atoms. The molecule has 2 heterocycles. The van der Waals surface area contributed by atoms with E-state index in [4.69, 9.17) is 5.11 Å². The van der Waals surface area contributed by atoms with E-state index in [9.17, 15) is 4.79 Å². The van der Waals surface area contributed by atoms with Gasteiger partial charge in [-0.25, -0.2) is 9.78 Å². The third-order valence-electron chi connectivity index (χ3n) is 2.30. The molecule has 0 saturated heterocycles. The number of nitrogens with one attached hydrogen (secondary N) is 1. The molecule has 88 valence electrons. The fourth-order valence-electron chi connectivity index (χ4n) is 1.46. The zero-order valence-corrected chi connectivity index (χ0v) is 10.1. The first-order valence-corrected chi connectivity index (χ1v) is 6.05. The molecule has 0 saturated carbocycles. The SMILES string of the molecule is CC(Nc1cccc(C(=O)O)n1)c1cccs1. The van der Waals surface area contributed by atoms with Gasteiger partial charge in [-0.1, -0.05) is 12.1 Å². The highest BCUT2D eigenvalue weighted by Gasteiger charge is 2.09. The van der Waals surface area contributed by atoms with Gasteiger partial charge in [-0.05, 0) is 30.5 Å². The molecule has 5 heteroatoms. The summed E-state index contributed by atoms with van der Waals surface area (Å²) in [6, 6.07) is 9.05. The second kappa shape index (κ2) is 4.97. The summed E-state index contributed by atoms with van der Waals surface area (Å²) in [6.07, 6.45) is 0. The Morgan fingerprint density at radius 3 is 2.88 bits per heavy atom. The normalized spacial score (nSPS) is 12.1. The Morgan fingerprint density at radius 1 is 1.41 bits per heavy atom. The summed E-state index contributed by atoms with van der Waals surface area (Å²) in [6.45, 7) is 2.01. The van der Waals surface area contributed by atoms with Crippen LogP contribution < -0.4 is 5.32 Å². The second-order valence-corrected chi connectivity index (χ2v) is 4.57. The molecule has 1 unspecified atom stereocenters. The molecule has 0 aliphatic rings. The van der Waals surface area contributed by atoms with Gasteiger partial charge in [-0.15, -0.1) is 11.3 Å². The minimum atomic E-state index is -1.02. The number of hydrogen-bond donors (Lipinski definition) is 2. The van der Waals surface area contributed by atoms with Crippen LogP contribution in [0, 0.1) is 0 Å². The topological polar surface area (TPSA) is 62.2 Å². The van der Waals surface area contributed by atoms with Crippen molar-refractivity contribution in [3.05, 3.63) is 46.3 Å². The Hall–Kier alpha value is -1.88. The van der Waals surface area contributed by atoms with Crippen molar-refractivity contribution in [3.63, 3.8) is 0 Å². The smallest absolute Gasteiger partial charge is 0.354 e. The average molecular weight is 248 g/mol. The average Bonchev–Trinajstić information content (AvgIpc) is 2.82. The lowest BCUT2D eigenvalue weighted by molar-refractivity contribution is 0.0690. The first-order valence-electron chi connectivity index (χ1n) is 5.17. The Morgan fingerprint density at radius 2 is 2.24 bits per heavy atom. The van der Waals surface area contributed by atoms with E-state index in [0.29, 0.717) is 5.82 Å². The Kier molecular flexibility index (Phi) is 3.39. The van der Waals surface area contributed by atoms with Gasteiger partial charge in [0.15, 0.2) is 5.69 Å². The van der Waals surface area contributed by atoms with Crippen molar-refractivity contribution in [1.29, 1.82) is 0 Å². The van der Waals surface area contributed by atoms with E-state index in [1.54, 1.807) is 23.5 Å². The van der Waals surface area contributed by atoms with Crippen molar-refractivity contribution < 1.29 is 9.90 Å². The van der Waals surface area contributed by atoms with E-state index >= 15 is 0 Å². The van der Waals surface area contributed by atoms with Crippen molar-refractivity contribution in [2.24, 2.45) is 0 Å². The molecule has 0 aromatic carbocycles. The van der Waals surface area contributed by atoms with Gasteiger partial charge in [-0.3, -0.25) is 0 Å². The van der Waals surface area contributed by atoms with Crippen LogP contribution in [0.4, 0.5) is 5.82 Å². The molecule has 0 spiro atoms. The molecule has 0 aliphatic heterocycles. The van der Waals surface area contributed by atoms with E-state index in [-0.39, 0.29) is 11.7 Å². The fraction of sp³-hybridized carbons (Fsp3) is 0.167. The second-order valence-electron chi connectivity index (χ2n) is 3.59. The van der Waals surface area contributed by atoms with Gasteiger partial charge in [0.2, 0.25) is 0 Å². The third-order valence-corrected chi connectivity index (χ3v) is 3.36. The molecule has 2 aromatic heterocycles. The summed E-state index contributed by atoms with van der Waals surface area (Å²) in [5.74, 6) is -0.441. The highest BCUT2D eigenvalue weighted by molar-refractivity contribution is 7.10. The lowest BCUT2D eigenvalue weighted by Crippen LogP contribution is -2.08. The largest absolute Gasteiger partial charge is 0.477 e. The van der Waals surface area contributed by atoms with Crippen LogP contribution in [0.15, 0.2) is 35.7 Å². The number of aromatic carboxylic acids is 1. The van der Waals surface area contributed by atoms with Gasteiger partial charge < -0.3 is 10.4 Å². The molecule has 0 fully saturated rings. The number of aromatic nitrogens is 1. The fourth-order valence-corrected chi connectivity index (χ4v) is 2.20. The lowest BCUT2D eigenvalue weighted by atomic mass is 10.2. The summed E-state index contributed by atoms with van der Waals surface area (Å²) in [5, 5.41) is 14.0. The third kappa shape index (κ3) is 2.82. The summed E-state index contributed by atoms with van der Waals surface area (Å²) in [5.41, 5.74) is 0.0494. The first kappa shape index (κ1) is 11.6. The van der Waals surface area contributed by atoms with Crippen LogP contribution in [-0.4, -0.2) is 16.1 Å². The van der Waals surface area contributed by atoms with Gasteiger partial charge in [0.05, 0.1) is 6.04 Å². The van der Waals surface area contributed by atoms with E-state index in [1.165, 1.54) is 10.9 Å². The molecule has 2 N–H and O–H groups in total. The Balaban J connectivity index is 2.13. The molecule has 1 atom stereocenters. The van der Waals surface area contributed by atoms with E-state index in [1.807, 2.05) is 24.4 Å². The van der Waals surface area contributed by atoms with Gasteiger partial charge in [0.1, 0.15) is 5.82 Å². The number of hydrogen-bond acceptors (Lipinski definition) is 4. The number of thiophene rings is 1. The van der Waals surface area contributed by atoms with Gasteiger partial charge in [-0.2, -0.15) is 0 Å². The molecule has 4 nitrogen and oxygen atoms in total. The Bertz CT molecular complexity index is 511. The number of nitrogens with zero attached hydrogens (tertiary/aromatic N) is 1. The van der Waals surface area contributed by atoms with Crippen LogP contribution >= 0.6 is 11.3 Å². The van der Waals surface area contributed by atoms with Crippen molar-refractivity contribution in [1.82, 2.24) is 4.98 Å². The van der Waals surface area contributed by atoms with Crippen LogP contribution in [-0.2, 0) is 0 Å². The first-order chi connectivity index (χ1) is 8.16. The monoisotopic (exact) mass is 248 g/mol. The number of anilines is 1. The number of rotatable bonds is 4. The van der Waals surface area contributed by atoms with Crippen LogP contribution in [0.3, 0.4) is 0 Å². The predicted octanol–water partition coefficient (Wildman–Crippen LogP) is 3.01. The number of pyridine rings is 1. The lowest BCUT2D eigenvalue weighted by Gasteiger charge is -2.12. The van der Waals surface area contributed by atoms with Crippen molar-refractivity contribution >= 4 is 23.1 Å². The molecule has 0 radical (unpaired) electrons. The van der Waals surface area contributed by atoms with Crippen LogP contribution in [0.25, 0.3) is 0 Å². The number of carbonyl (C=O) groups is 1. The van der Waals surface area contributed by atoms with E-state index in [0.717, 1.165) is 0 Å². The maximum absolute atomic E-state index is 10.8. The highest BCUT2D eigenvalue weighted by Crippen LogP contribution is 2.22. The summed E-state index contributed by atoms with van der Waals surface area (Å²) < 4.78 is 0. The standard InChI is InChI=1S/C12H12N2O2S/c1-8(10-5-3-7-17-10)13-11-6-2-4-9(14-11)12(15)16/h2-8H,1H3,(H,13,14)(H,15,16). The summed E-state index contributed by atoms with van der Waals surface area (Å²) in [7, 11) is 0. The molecule has 0 amide bonds. The van der Waals surface area contributed by atoms with Crippen LogP contribution in [0.2, 0.25) is 0 Å². The van der Waals surface area contributed by atoms with Crippen molar-refractivity contribution in [2.75, 3.05) is 5.32 Å². The van der Waals surface area contributed by atoms with Gasteiger partial charge in [0, 0.05) is 4.88 Å². The molecular formula is C12H12N2O2S. The summed E-state index contributed by atoms with van der Waals surface area (Å²) >= 11 is 1.65. The number of carboxylic acid groups (broad SMARTS) is 1. The predicted molar refractivity (Wildman–Crippen MR) is 67.6 cm³/mol. The minimum absolute atomic E-state index is 0.0494. The molecule has 0 bridgehead atoms. The molecule has 2 aromatic rings. The van der Waals surface area contributed by atoms with Crippen LogP contribution in [0.1, 0.15) is 28.3 Å². The minimum Gasteiger partial charge on any atom is -0.477 e. The van der Waals surface area contributed by atoms with E-state index in [2.05, 4.69) is 10.3 Å². The van der Waals surface area contributed by atoms with Crippen LogP contribution in [0.5, 0.6) is 0 Å². The molecular weight excluding hydrogens is 236 g/mol. The zero-order chi connectivity index (χ0) is 12.3. The quantitative estimate of drug-likeness (QED) is 0.873. The highest BCUT2D eigenvalue weighted by atomic mass is 32.1. The van der Waals surface area contributed by atoms with Crippen molar-refractivity contribution in [3.8, 4) is 0 Å². The summed E-state index contributed by atoms with van der Waals surface area (Å²) in [4.78, 5) is 16.0. The van der Waals surface area contributed by atoms with Crippen molar-refractivity contribution in [2.45, 2.75) is 13.0 Å². The Labute approximate surface area is 103 Å². The van der Waals surface area contributed by atoms with Gasteiger partial charge >= 0.3 is 5.97 Å². The molecule has 2 rings (SSSR count).